The highest BCUT2D eigenvalue weighted by Gasteiger charge is 2.22. The van der Waals surface area contributed by atoms with E-state index in [0.29, 0.717) is 27.5 Å². The summed E-state index contributed by atoms with van der Waals surface area (Å²) in [7, 11) is -1.41. The lowest BCUT2D eigenvalue weighted by atomic mass is 10.1. The molecule has 0 saturated heterocycles. The molecule has 2 atom stereocenters. The third-order valence-corrected chi connectivity index (χ3v) is 5.45. The highest BCUT2D eigenvalue weighted by atomic mass is 79.9. The summed E-state index contributed by atoms with van der Waals surface area (Å²) in [6.45, 7) is 6.48. The van der Waals surface area contributed by atoms with Gasteiger partial charge in [-0.3, -0.25) is 9.00 Å². The molecule has 2 unspecified atom stereocenters. The van der Waals surface area contributed by atoms with Gasteiger partial charge in [0.15, 0.2) is 0 Å². The Hall–Kier alpha value is -0.880. The molecule has 0 aromatic heterocycles. The molecule has 1 rings (SSSR count). The minimum absolute atomic E-state index is 0.187. The van der Waals surface area contributed by atoms with Gasteiger partial charge in [0, 0.05) is 16.7 Å². The molecular weight excluding hydrogens is 340 g/mol. The molecule has 0 aliphatic carbocycles. The van der Waals surface area contributed by atoms with Gasteiger partial charge >= 0.3 is 0 Å². The number of hydrogen-bond acceptors (Lipinski definition) is 3. The number of nitrogen functional groups attached to an aromatic ring is 1. The van der Waals surface area contributed by atoms with E-state index >= 15 is 0 Å². The SMILES string of the molecule is CC(C)CCNC(=O)C(C)S(=O)c1ccc(N)cc1Br. The summed E-state index contributed by atoms with van der Waals surface area (Å²) in [5.74, 6) is 0.343. The summed E-state index contributed by atoms with van der Waals surface area (Å²) >= 11 is 3.33. The quantitative estimate of drug-likeness (QED) is 0.766. The standard InChI is InChI=1S/C14H21BrN2O2S/c1-9(2)6-7-17-14(18)10(3)20(19)13-5-4-11(16)8-12(13)15/h4-5,8-10H,6-7,16H2,1-3H3,(H,17,18). The molecule has 0 aliphatic rings. The number of halogens is 1. The molecule has 0 saturated carbocycles. The summed E-state index contributed by atoms with van der Waals surface area (Å²) in [6, 6.07) is 5.06. The minimum Gasteiger partial charge on any atom is -0.399 e. The predicted octanol–water partition coefficient (Wildman–Crippen LogP) is 2.69. The van der Waals surface area contributed by atoms with Crippen molar-refractivity contribution in [3.8, 4) is 0 Å². The molecule has 1 aromatic carbocycles. The van der Waals surface area contributed by atoms with Crippen LogP contribution in [-0.2, 0) is 15.6 Å². The Morgan fingerprint density at radius 3 is 2.60 bits per heavy atom. The number of benzene rings is 1. The van der Waals surface area contributed by atoms with Gasteiger partial charge in [0.1, 0.15) is 5.25 Å². The van der Waals surface area contributed by atoms with E-state index in [4.69, 9.17) is 5.73 Å². The Balaban J connectivity index is 2.68. The van der Waals surface area contributed by atoms with Crippen molar-refractivity contribution in [3.63, 3.8) is 0 Å². The summed E-state index contributed by atoms with van der Waals surface area (Å²) in [6.07, 6.45) is 0.913. The molecule has 0 heterocycles. The predicted molar refractivity (Wildman–Crippen MR) is 86.9 cm³/mol. The Kier molecular flexibility index (Phi) is 6.68. The smallest absolute Gasteiger partial charge is 0.235 e. The fourth-order valence-corrected chi connectivity index (χ4v) is 3.58. The van der Waals surface area contributed by atoms with Gasteiger partial charge in [-0.25, -0.2) is 0 Å². The van der Waals surface area contributed by atoms with Crippen molar-refractivity contribution >= 4 is 38.3 Å². The van der Waals surface area contributed by atoms with Crippen molar-refractivity contribution in [2.75, 3.05) is 12.3 Å². The van der Waals surface area contributed by atoms with Crippen LogP contribution in [0.1, 0.15) is 27.2 Å². The Morgan fingerprint density at radius 1 is 1.40 bits per heavy atom. The average molecular weight is 361 g/mol. The van der Waals surface area contributed by atoms with E-state index in [1.807, 2.05) is 0 Å². The van der Waals surface area contributed by atoms with Crippen LogP contribution >= 0.6 is 15.9 Å². The van der Waals surface area contributed by atoms with Crippen molar-refractivity contribution in [3.05, 3.63) is 22.7 Å². The molecule has 1 amide bonds. The van der Waals surface area contributed by atoms with Crippen LogP contribution in [0.15, 0.2) is 27.6 Å². The lowest BCUT2D eigenvalue weighted by molar-refractivity contribution is -0.120. The van der Waals surface area contributed by atoms with Crippen LogP contribution in [0.4, 0.5) is 5.69 Å². The van der Waals surface area contributed by atoms with Crippen LogP contribution in [0, 0.1) is 5.92 Å². The molecule has 112 valence electrons. The Morgan fingerprint density at radius 2 is 2.05 bits per heavy atom. The zero-order chi connectivity index (χ0) is 15.3. The van der Waals surface area contributed by atoms with Crippen molar-refractivity contribution in [1.82, 2.24) is 5.32 Å². The Bertz CT molecular complexity index is 506. The summed E-state index contributed by atoms with van der Waals surface area (Å²) in [4.78, 5) is 12.6. The van der Waals surface area contributed by atoms with Crippen LogP contribution < -0.4 is 11.1 Å². The maximum Gasteiger partial charge on any atom is 0.235 e. The van der Waals surface area contributed by atoms with Crippen molar-refractivity contribution in [2.45, 2.75) is 37.3 Å². The van der Waals surface area contributed by atoms with Crippen LogP contribution in [0.5, 0.6) is 0 Å². The lowest BCUT2D eigenvalue weighted by Gasteiger charge is -2.14. The summed E-state index contributed by atoms with van der Waals surface area (Å²) in [5, 5.41) is 2.23. The number of carbonyl (C=O) groups excluding carboxylic acids is 1. The van der Waals surface area contributed by atoms with Crippen molar-refractivity contribution in [2.24, 2.45) is 5.92 Å². The number of hydrogen-bond donors (Lipinski definition) is 2. The summed E-state index contributed by atoms with van der Waals surface area (Å²) < 4.78 is 13.1. The van der Waals surface area contributed by atoms with Gasteiger partial charge < -0.3 is 11.1 Å². The first-order valence-electron chi connectivity index (χ1n) is 6.56. The second-order valence-electron chi connectivity index (χ2n) is 5.10. The first-order chi connectivity index (χ1) is 9.32. The van der Waals surface area contributed by atoms with E-state index in [9.17, 15) is 9.00 Å². The summed E-state index contributed by atoms with van der Waals surface area (Å²) in [5.41, 5.74) is 6.24. The van der Waals surface area contributed by atoms with Crippen molar-refractivity contribution < 1.29 is 9.00 Å². The molecule has 4 nitrogen and oxygen atoms in total. The largest absolute Gasteiger partial charge is 0.399 e. The maximum atomic E-state index is 12.4. The van der Waals surface area contributed by atoms with Gasteiger partial charge in [0.05, 0.1) is 15.7 Å². The molecule has 1 aromatic rings. The Labute approximate surface area is 131 Å². The third kappa shape index (κ3) is 4.90. The molecule has 0 fully saturated rings. The molecule has 3 N–H and O–H groups in total. The maximum absolute atomic E-state index is 12.4. The van der Waals surface area contributed by atoms with E-state index in [-0.39, 0.29) is 5.91 Å². The van der Waals surface area contributed by atoms with E-state index < -0.39 is 16.0 Å². The zero-order valence-corrected chi connectivity index (χ0v) is 14.4. The van der Waals surface area contributed by atoms with Gasteiger partial charge in [0.2, 0.25) is 5.91 Å². The third-order valence-electron chi connectivity index (χ3n) is 2.88. The minimum atomic E-state index is -1.41. The van der Waals surface area contributed by atoms with Crippen LogP contribution in [0.25, 0.3) is 0 Å². The van der Waals surface area contributed by atoms with Gasteiger partial charge in [-0.15, -0.1) is 0 Å². The molecule has 20 heavy (non-hydrogen) atoms. The lowest BCUT2D eigenvalue weighted by Crippen LogP contribution is -2.36. The van der Waals surface area contributed by atoms with E-state index in [2.05, 4.69) is 35.1 Å². The monoisotopic (exact) mass is 360 g/mol. The number of anilines is 1. The van der Waals surface area contributed by atoms with Gasteiger partial charge in [-0.1, -0.05) is 13.8 Å². The number of rotatable bonds is 6. The van der Waals surface area contributed by atoms with Crippen LogP contribution in [-0.4, -0.2) is 21.9 Å². The van der Waals surface area contributed by atoms with E-state index in [1.165, 1.54) is 0 Å². The average Bonchev–Trinajstić information content (AvgIpc) is 2.36. The number of amides is 1. The van der Waals surface area contributed by atoms with E-state index in [1.54, 1.807) is 25.1 Å². The first-order valence-corrected chi connectivity index (χ1v) is 8.56. The van der Waals surface area contributed by atoms with Gasteiger partial charge in [0.25, 0.3) is 0 Å². The zero-order valence-electron chi connectivity index (χ0n) is 12.0. The second kappa shape index (κ2) is 7.78. The van der Waals surface area contributed by atoms with Gasteiger partial charge in [-0.05, 0) is 53.4 Å². The highest BCUT2D eigenvalue weighted by Crippen LogP contribution is 2.24. The van der Waals surface area contributed by atoms with Crippen molar-refractivity contribution in [1.29, 1.82) is 0 Å². The molecule has 0 spiro atoms. The number of nitrogens with two attached hydrogens (primary N) is 1. The second-order valence-corrected chi connectivity index (χ2v) is 7.70. The fourth-order valence-electron chi connectivity index (χ4n) is 1.60. The van der Waals surface area contributed by atoms with Crippen LogP contribution in [0.2, 0.25) is 0 Å². The molecular formula is C14H21BrN2O2S. The fraction of sp³-hybridized carbons (Fsp3) is 0.500. The van der Waals surface area contributed by atoms with E-state index in [0.717, 1.165) is 6.42 Å². The number of carbonyl (C=O) groups is 1. The molecule has 6 heteroatoms. The molecule has 0 aliphatic heterocycles. The molecule has 0 radical (unpaired) electrons. The number of nitrogens with one attached hydrogen (secondary N) is 1. The highest BCUT2D eigenvalue weighted by molar-refractivity contribution is 9.10. The topological polar surface area (TPSA) is 72.2 Å². The van der Waals surface area contributed by atoms with Gasteiger partial charge in [-0.2, -0.15) is 0 Å². The normalized spacial score (nSPS) is 14.1. The van der Waals surface area contributed by atoms with Crippen LogP contribution in [0.3, 0.4) is 0 Å². The first kappa shape index (κ1) is 17.2. The molecule has 0 bridgehead atoms.